The van der Waals surface area contributed by atoms with E-state index in [1.54, 1.807) is 26.0 Å². The van der Waals surface area contributed by atoms with Crippen LogP contribution in [0.25, 0.3) is 132 Å². The number of methoxy groups -OCH3 is 2. The fourth-order valence-electron chi connectivity index (χ4n) is 12.8. The molecule has 5 N–H and O–H groups in total. The Kier molecular flexibility index (Phi) is 30.9. The molecule has 3 radical (unpaired) electrons. The smallest absolute Gasteiger partial charge is 0.354 e. The summed E-state index contributed by atoms with van der Waals surface area (Å²) in [5.41, 5.74) is 15.9. The average molecular weight is 2020 g/mol. The second-order valence-corrected chi connectivity index (χ2v) is 29.9. The third-order valence-corrected chi connectivity index (χ3v) is 18.7. The van der Waals surface area contributed by atoms with Gasteiger partial charge in [0.2, 0.25) is 0 Å². The maximum atomic E-state index is 10.1. The number of aliphatic hydroxyl groups excluding tert-OH is 4. The van der Waals surface area contributed by atoms with Crippen molar-refractivity contribution in [3.63, 3.8) is 0 Å². The van der Waals surface area contributed by atoms with Crippen molar-refractivity contribution < 1.29 is 100 Å². The first-order valence-corrected chi connectivity index (χ1v) is 36.4. The van der Waals surface area contributed by atoms with E-state index in [4.69, 9.17) is 55.4 Å². The summed E-state index contributed by atoms with van der Waals surface area (Å²) in [6.45, 7) is 23.4. The van der Waals surface area contributed by atoms with Gasteiger partial charge in [0.1, 0.15) is 5.69 Å². The van der Waals surface area contributed by atoms with Crippen molar-refractivity contribution in [1.29, 1.82) is 0 Å². The second kappa shape index (κ2) is 39.3. The van der Waals surface area contributed by atoms with Crippen molar-refractivity contribution in [2.75, 3.05) is 14.2 Å². The summed E-state index contributed by atoms with van der Waals surface area (Å²) >= 11 is 0. The van der Waals surface area contributed by atoms with Crippen LogP contribution >= 0.6 is 0 Å². The summed E-state index contributed by atoms with van der Waals surface area (Å²) in [4.78, 5) is 43.3. The molecule has 0 aliphatic carbocycles. The van der Waals surface area contributed by atoms with Crippen LogP contribution in [-0.2, 0) is 86.0 Å². The molecule has 4 aromatic heterocycles. The van der Waals surface area contributed by atoms with Gasteiger partial charge in [0.15, 0.2) is 12.6 Å². The van der Waals surface area contributed by atoms with Gasteiger partial charge in [-0.3, -0.25) is 15.0 Å². The van der Waals surface area contributed by atoms with Crippen LogP contribution in [-0.4, -0.2) is 105 Å². The fraction of sp³-hybridized carbons (Fsp3) is 0.234. The van der Waals surface area contributed by atoms with E-state index in [0.29, 0.717) is 6.42 Å². The van der Waals surface area contributed by atoms with E-state index in [1.807, 2.05) is 55.0 Å². The van der Waals surface area contributed by atoms with Gasteiger partial charge < -0.3 is 50.0 Å². The van der Waals surface area contributed by atoms with E-state index in [1.165, 1.54) is 75.5 Å². The number of benzene rings is 12. The van der Waals surface area contributed by atoms with Crippen molar-refractivity contribution in [2.24, 2.45) is 0 Å². The minimum Gasteiger partial charge on any atom is -0.477 e. The van der Waals surface area contributed by atoms with Gasteiger partial charge in [-0.05, 0) is 81.5 Å². The number of nitrogens with zero attached hydrogens (tertiary/aromatic N) is 7. The van der Waals surface area contributed by atoms with E-state index in [-0.39, 0.29) is 101 Å². The first-order chi connectivity index (χ1) is 52.2. The molecule has 0 aliphatic rings. The molecule has 581 valence electrons. The van der Waals surface area contributed by atoms with Crippen LogP contribution in [0.5, 0.6) is 0 Å². The number of hydrogen-bond acceptors (Lipinski definition) is 14. The number of ether oxygens (including phenoxy) is 2. The van der Waals surface area contributed by atoms with E-state index in [2.05, 4.69) is 259 Å². The van der Waals surface area contributed by atoms with Crippen LogP contribution in [0.1, 0.15) is 116 Å². The molecule has 18 heteroatoms. The molecule has 112 heavy (non-hydrogen) atoms. The normalized spacial score (nSPS) is 12.4. The predicted molar refractivity (Wildman–Crippen MR) is 442 cm³/mol. The second-order valence-electron chi connectivity index (χ2n) is 29.9. The molecule has 0 amide bonds. The third kappa shape index (κ3) is 21.4. The summed E-state index contributed by atoms with van der Waals surface area (Å²) < 4.78 is 8.88. The minimum absolute atomic E-state index is 0. The van der Waals surface area contributed by atoms with Crippen LogP contribution in [0.2, 0.25) is 0 Å². The largest absolute Gasteiger partial charge is 0.477 e. The van der Waals surface area contributed by atoms with Crippen LogP contribution in [0.4, 0.5) is 0 Å². The first-order valence-electron chi connectivity index (χ1n) is 36.4. The van der Waals surface area contributed by atoms with Gasteiger partial charge in [-0.2, -0.15) is 0 Å². The van der Waals surface area contributed by atoms with Gasteiger partial charge >= 0.3 is 5.97 Å². The topological polar surface area (TPSA) is 227 Å². The molecule has 0 aliphatic heterocycles. The zero-order chi connectivity index (χ0) is 77.7. The van der Waals surface area contributed by atoms with Crippen molar-refractivity contribution in [2.45, 2.75) is 130 Å². The van der Waals surface area contributed by atoms with Gasteiger partial charge in [-0.15, -0.1) is 89.0 Å². The Morgan fingerprint density at radius 1 is 0.357 bits per heavy atom. The van der Waals surface area contributed by atoms with Crippen LogP contribution in [0, 0.1) is 18.2 Å². The summed E-state index contributed by atoms with van der Waals surface area (Å²) in [7, 11) is 2.71. The fourth-order valence-corrected chi connectivity index (χ4v) is 12.8. The van der Waals surface area contributed by atoms with Crippen molar-refractivity contribution in [3.8, 4) is 33.8 Å². The van der Waals surface area contributed by atoms with Gasteiger partial charge in [0, 0.05) is 139 Å². The summed E-state index contributed by atoms with van der Waals surface area (Å²) in [5.74, 6) is -0.990. The number of carboxylic acids is 1. The first kappa shape index (κ1) is 88.1. The molecular formula is C94H92Ir3N7O8-3. The number of carboxylic acid groups (broad SMARTS) is 1. The maximum Gasteiger partial charge on any atom is 0.354 e. The quantitative estimate of drug-likeness (QED) is 0.0487. The molecule has 4 atom stereocenters. The molecule has 0 bridgehead atoms. The Morgan fingerprint density at radius 3 is 0.866 bits per heavy atom. The molecule has 0 saturated carbocycles. The van der Waals surface area contributed by atoms with E-state index in [0.717, 1.165) is 99.2 Å². The Labute approximate surface area is 695 Å². The molecule has 0 saturated heterocycles. The van der Waals surface area contributed by atoms with Crippen molar-refractivity contribution in [1.82, 2.24) is 34.9 Å². The average Bonchev–Trinajstić information content (AvgIpc) is 0.754. The molecule has 0 fully saturated rings. The number of aromatic nitrogens is 7. The van der Waals surface area contributed by atoms with E-state index < -0.39 is 18.5 Å². The summed E-state index contributed by atoms with van der Waals surface area (Å²) in [6.07, 6.45) is 4.99. The Hall–Kier alpha value is -9.45. The molecule has 16 aromatic rings. The zero-order valence-electron chi connectivity index (χ0n) is 64.9. The maximum absolute atomic E-state index is 10.1. The third-order valence-electron chi connectivity index (χ3n) is 18.7. The van der Waals surface area contributed by atoms with Crippen LogP contribution < -0.4 is 0 Å². The predicted octanol–water partition coefficient (Wildman–Crippen LogP) is 20.3. The standard InChI is InChI=1S/3C26H21N2.C6H5NO2.C5H12O4.C5H12O2.3Ir/c3*1-26(2,3)18-14-12-17(13-15-18)23-16-27-24-21-10-6-4-8-19(21)20-9-5-7-11-22(20)25(24)28-23;8-6(9)5-3-1-2-4-7-5;1-8-4(6)3-5(7)9-2;1-4(6)3-5(2)7;;;/h3*4-9,11-16H,1-3H3;1-4H,(H,8,9);4-7H,3H2,1-2H3;4-7H,3H2,1-2H3;;;/q3*-1;;;;;;. The molecule has 15 nitrogen and oxygen atoms in total. The number of rotatable bonds is 10. The molecular weight excluding hydrogens is 1930 g/mol. The Bertz CT molecular complexity index is 5200. The van der Waals surface area contributed by atoms with Crippen LogP contribution in [0.15, 0.2) is 243 Å². The van der Waals surface area contributed by atoms with E-state index >= 15 is 0 Å². The van der Waals surface area contributed by atoms with Crippen molar-refractivity contribution in [3.05, 3.63) is 284 Å². The van der Waals surface area contributed by atoms with Gasteiger partial charge in [0.25, 0.3) is 0 Å². The molecule has 4 heterocycles. The van der Waals surface area contributed by atoms with Crippen LogP contribution in [0.3, 0.4) is 0 Å². The van der Waals surface area contributed by atoms with Gasteiger partial charge in [-0.25, -0.2) is 9.78 Å². The zero-order valence-corrected chi connectivity index (χ0v) is 72.1. The SMILES string of the molecule is CC(C)(C)c1ccc(-c2cnc3c4[c-]cccc4c4ccccc4c3n2)cc1.CC(C)(C)c1ccc(-c2cnc3c4[c-]cccc4c4ccccc4c3n2)cc1.CC(C)(C)c1ccc(-c2cnc3c4[c-]cccc4c4ccccc4c3n2)cc1.CC(O)CC(C)O.COC(O)CC(O)OC.O=C(O)c1ccccn1.[Ir].[Ir].[Ir]. The number of hydrogen-bond donors (Lipinski definition) is 5. The number of pyridine rings is 1. The Balaban J connectivity index is 0.000000180. The molecule has 16 rings (SSSR count). The molecule has 12 aromatic carbocycles. The molecule has 0 spiro atoms. The number of aliphatic hydroxyl groups is 4. The molecule has 4 unspecified atom stereocenters. The summed E-state index contributed by atoms with van der Waals surface area (Å²) in [5, 5.41) is 56.4. The Morgan fingerprint density at radius 2 is 0.634 bits per heavy atom. The monoisotopic (exact) mass is 2030 g/mol. The van der Waals surface area contributed by atoms with Gasteiger partial charge in [0.05, 0.1) is 45.8 Å². The van der Waals surface area contributed by atoms with Gasteiger partial charge in [-0.1, -0.05) is 246 Å². The summed E-state index contributed by atoms with van der Waals surface area (Å²) in [6, 6.07) is 84.4. The van der Waals surface area contributed by atoms with Crippen molar-refractivity contribution >= 4 is 104 Å². The number of fused-ring (bicyclic) bond motifs is 18. The number of carbonyl (C=O) groups is 1. The van der Waals surface area contributed by atoms with E-state index in [9.17, 15) is 4.79 Å². The number of aromatic carboxylic acids is 1. The minimum atomic E-state index is -0.990.